The van der Waals surface area contributed by atoms with Crippen LogP contribution in [0, 0.1) is 0 Å². The lowest BCUT2D eigenvalue weighted by Gasteiger charge is -2.20. The van der Waals surface area contributed by atoms with E-state index in [9.17, 15) is 13.0 Å². The Bertz CT molecular complexity index is 762. The van der Waals surface area contributed by atoms with Crippen molar-refractivity contribution in [2.75, 3.05) is 0 Å². The molecule has 0 unspecified atom stereocenters. The minimum absolute atomic E-state index is 0.0342. The van der Waals surface area contributed by atoms with Gasteiger partial charge in [-0.3, -0.25) is 9.05 Å². The topological polar surface area (TPSA) is 81.7 Å². The summed E-state index contributed by atoms with van der Waals surface area (Å²) in [5.74, 6) is 0. The molecule has 6 nitrogen and oxygen atoms in total. The maximum absolute atomic E-state index is 12.9. The van der Waals surface area contributed by atoms with Gasteiger partial charge >= 0.3 is 7.75 Å². The fraction of sp³-hybridized carbons (Fsp3) is 0.294. The van der Waals surface area contributed by atoms with Crippen LogP contribution in [0.25, 0.3) is 0 Å². The second kappa shape index (κ2) is 8.74. The van der Waals surface area contributed by atoms with E-state index in [0.29, 0.717) is 0 Å². The van der Waals surface area contributed by atoms with Crippen molar-refractivity contribution in [2.45, 2.75) is 32.3 Å². The smallest absolute Gasteiger partial charge is 0.291 e. The van der Waals surface area contributed by atoms with Gasteiger partial charge in [0, 0.05) is 0 Å². The Balaban J connectivity index is 2.13. The first-order chi connectivity index (χ1) is 11.8. The molecule has 0 spiro atoms. The van der Waals surface area contributed by atoms with E-state index in [-0.39, 0.29) is 13.2 Å². The third-order valence-corrected chi connectivity index (χ3v) is 7.44. The normalized spacial score (nSPS) is 12.4. The Labute approximate surface area is 148 Å². The van der Waals surface area contributed by atoms with Gasteiger partial charge in [0.15, 0.2) is 0 Å². The molecule has 0 amide bonds. The SMILES string of the molecule is CC(C)S(=O)(=O)NP(=O)(OCc1ccccc1)OCc1ccccc1. The van der Waals surface area contributed by atoms with Gasteiger partial charge in [0.05, 0.1) is 18.5 Å². The van der Waals surface area contributed by atoms with E-state index >= 15 is 0 Å². The highest BCUT2D eigenvalue weighted by Gasteiger charge is 2.33. The van der Waals surface area contributed by atoms with Gasteiger partial charge in [-0.15, -0.1) is 4.49 Å². The summed E-state index contributed by atoms with van der Waals surface area (Å²) in [5, 5.41) is -0.763. The van der Waals surface area contributed by atoms with Crippen LogP contribution in [-0.4, -0.2) is 13.7 Å². The van der Waals surface area contributed by atoms with Crippen molar-refractivity contribution in [2.24, 2.45) is 0 Å². The number of hydrogen-bond acceptors (Lipinski definition) is 5. The van der Waals surface area contributed by atoms with E-state index in [1.165, 1.54) is 13.8 Å². The molecule has 1 N–H and O–H groups in total. The van der Waals surface area contributed by atoms with Gasteiger partial charge in [-0.25, -0.2) is 13.0 Å². The monoisotopic (exact) mass is 383 g/mol. The standard InChI is InChI=1S/C17H22NO5PS/c1-15(2)25(20,21)18-24(19,22-13-16-9-5-3-6-10-16)23-14-17-11-7-4-8-12-17/h3-12,15H,13-14H2,1-2H3,(H,18,19). The molecule has 2 rings (SSSR count). The van der Waals surface area contributed by atoms with Crippen LogP contribution in [0.5, 0.6) is 0 Å². The van der Waals surface area contributed by atoms with Gasteiger partial charge in [0.2, 0.25) is 10.0 Å². The second-order valence-corrected chi connectivity index (χ2v) is 9.98. The molecule has 25 heavy (non-hydrogen) atoms. The lowest BCUT2D eigenvalue weighted by Crippen LogP contribution is -2.30. The molecule has 0 heterocycles. The van der Waals surface area contributed by atoms with Gasteiger partial charge in [-0.05, 0) is 25.0 Å². The Hall–Kier alpha value is -1.50. The van der Waals surface area contributed by atoms with Gasteiger partial charge < -0.3 is 0 Å². The molecular formula is C17H22NO5PS. The number of nitrogens with one attached hydrogen (secondary N) is 1. The van der Waals surface area contributed by atoms with Crippen molar-refractivity contribution < 1.29 is 22.0 Å². The Morgan fingerprint density at radius 2 is 1.28 bits per heavy atom. The number of hydrogen-bond donors (Lipinski definition) is 1. The molecule has 8 heteroatoms. The first-order valence-electron chi connectivity index (χ1n) is 7.81. The molecule has 0 fully saturated rings. The molecule has 136 valence electrons. The lowest BCUT2D eigenvalue weighted by molar-refractivity contribution is 0.188. The van der Waals surface area contributed by atoms with Crippen molar-refractivity contribution in [3.05, 3.63) is 71.8 Å². The van der Waals surface area contributed by atoms with Crippen LogP contribution in [0.4, 0.5) is 0 Å². The molecule has 2 aromatic carbocycles. The second-order valence-electron chi connectivity index (χ2n) is 5.70. The zero-order valence-electron chi connectivity index (χ0n) is 14.2. The van der Waals surface area contributed by atoms with Crippen molar-refractivity contribution in [3.63, 3.8) is 0 Å². The highest BCUT2D eigenvalue weighted by Crippen LogP contribution is 2.46. The summed E-state index contributed by atoms with van der Waals surface area (Å²) >= 11 is 0. The zero-order valence-corrected chi connectivity index (χ0v) is 15.9. The van der Waals surface area contributed by atoms with Crippen LogP contribution in [-0.2, 0) is 36.8 Å². The van der Waals surface area contributed by atoms with E-state index < -0.39 is 23.0 Å². The summed E-state index contributed by atoms with van der Waals surface area (Å²) in [6, 6.07) is 18.1. The van der Waals surface area contributed by atoms with Crippen molar-refractivity contribution in [1.82, 2.24) is 4.49 Å². The zero-order chi connectivity index (χ0) is 18.3. The van der Waals surface area contributed by atoms with Crippen LogP contribution < -0.4 is 4.49 Å². The maximum atomic E-state index is 12.9. The van der Waals surface area contributed by atoms with E-state index in [4.69, 9.17) is 9.05 Å². The summed E-state index contributed by atoms with van der Waals surface area (Å²) in [4.78, 5) is 0. The van der Waals surface area contributed by atoms with Crippen LogP contribution in [0.3, 0.4) is 0 Å². The van der Waals surface area contributed by atoms with E-state index in [1.807, 2.05) is 36.4 Å². The molecule has 0 saturated carbocycles. The third kappa shape index (κ3) is 6.38. The first kappa shape index (κ1) is 19.8. The number of rotatable bonds is 9. The van der Waals surface area contributed by atoms with E-state index in [2.05, 4.69) is 4.49 Å². The summed E-state index contributed by atoms with van der Waals surface area (Å²) in [5.41, 5.74) is 1.52. The Morgan fingerprint density at radius 3 is 1.64 bits per heavy atom. The van der Waals surface area contributed by atoms with Gasteiger partial charge in [-0.2, -0.15) is 0 Å². The average Bonchev–Trinajstić information content (AvgIpc) is 2.60. The quantitative estimate of drug-likeness (QED) is 0.665. The fourth-order valence-corrected chi connectivity index (χ4v) is 5.04. The van der Waals surface area contributed by atoms with Crippen LogP contribution in [0.15, 0.2) is 60.7 Å². The molecular weight excluding hydrogens is 361 g/mol. The highest BCUT2D eigenvalue weighted by atomic mass is 32.2. The first-order valence-corrected chi connectivity index (χ1v) is 10.9. The van der Waals surface area contributed by atoms with E-state index in [1.54, 1.807) is 24.3 Å². The largest absolute Gasteiger partial charge is 0.419 e. The Morgan fingerprint density at radius 1 is 0.880 bits per heavy atom. The summed E-state index contributed by atoms with van der Waals surface area (Å²) < 4.78 is 50.0. The molecule has 0 aliphatic rings. The third-order valence-electron chi connectivity index (χ3n) is 3.35. The predicted octanol–water partition coefficient (Wildman–Crippen LogP) is 3.86. The molecule has 0 radical (unpaired) electrons. The van der Waals surface area contributed by atoms with Crippen LogP contribution in [0.1, 0.15) is 25.0 Å². The Kier molecular flexibility index (Phi) is 6.93. The predicted molar refractivity (Wildman–Crippen MR) is 97.3 cm³/mol. The lowest BCUT2D eigenvalue weighted by atomic mass is 10.2. The molecule has 0 aromatic heterocycles. The van der Waals surface area contributed by atoms with Crippen molar-refractivity contribution in [1.29, 1.82) is 0 Å². The molecule has 0 atom stereocenters. The summed E-state index contributed by atoms with van der Waals surface area (Å²) in [6.45, 7) is 2.91. The minimum atomic E-state index is -4.06. The molecule has 0 aliphatic heterocycles. The maximum Gasteiger partial charge on any atom is 0.419 e. The molecule has 0 saturated heterocycles. The average molecular weight is 383 g/mol. The number of benzene rings is 2. The fourth-order valence-electron chi connectivity index (χ4n) is 1.82. The highest BCUT2D eigenvalue weighted by molar-refractivity contribution is 7.95. The molecule has 0 bridgehead atoms. The molecule has 0 aliphatic carbocycles. The van der Waals surface area contributed by atoms with Gasteiger partial charge in [0.1, 0.15) is 0 Å². The summed E-state index contributed by atoms with van der Waals surface area (Å²) in [6.07, 6.45) is 0. The summed E-state index contributed by atoms with van der Waals surface area (Å²) in [7, 11) is -7.89. The van der Waals surface area contributed by atoms with Crippen molar-refractivity contribution >= 4 is 17.8 Å². The van der Waals surface area contributed by atoms with Crippen molar-refractivity contribution in [3.8, 4) is 0 Å². The minimum Gasteiger partial charge on any atom is -0.291 e. The van der Waals surface area contributed by atoms with E-state index in [0.717, 1.165) is 11.1 Å². The van der Waals surface area contributed by atoms with Crippen LogP contribution >= 0.6 is 7.75 Å². The molecule has 2 aromatic rings. The van der Waals surface area contributed by atoms with Gasteiger partial charge in [0.25, 0.3) is 0 Å². The number of sulfonamides is 1. The van der Waals surface area contributed by atoms with Crippen LogP contribution in [0.2, 0.25) is 0 Å². The van der Waals surface area contributed by atoms with Gasteiger partial charge in [-0.1, -0.05) is 60.7 Å².